The van der Waals surface area contributed by atoms with Gasteiger partial charge in [0.15, 0.2) is 0 Å². The lowest BCUT2D eigenvalue weighted by Gasteiger charge is -2.40. The van der Waals surface area contributed by atoms with Crippen LogP contribution in [0.5, 0.6) is 0 Å². The first-order valence-corrected chi connectivity index (χ1v) is 19.7. The van der Waals surface area contributed by atoms with Gasteiger partial charge in [0.2, 0.25) is 0 Å². The summed E-state index contributed by atoms with van der Waals surface area (Å²) in [4.78, 5) is 118. The summed E-state index contributed by atoms with van der Waals surface area (Å²) in [5, 5.41) is 7.00. The Morgan fingerprint density at radius 1 is 0.328 bits per heavy atom. The Kier molecular flexibility index (Phi) is 8.00. The molecule has 13 nitrogen and oxygen atoms in total. The van der Waals surface area contributed by atoms with E-state index in [0.29, 0.717) is 73.6 Å². The molecule has 5 aliphatic heterocycles. The molecular weight excluding hydrogens is 741 g/mol. The van der Waals surface area contributed by atoms with E-state index in [2.05, 4.69) is 0 Å². The Morgan fingerprint density at radius 2 is 0.517 bits per heavy atom. The molecule has 0 radical (unpaired) electrons. The Bertz CT molecular complexity index is 2270. The lowest BCUT2D eigenvalue weighted by atomic mass is 9.88. The van der Waals surface area contributed by atoms with Gasteiger partial charge in [-0.1, -0.05) is 49.9 Å². The maximum absolute atomic E-state index is 14.2. The van der Waals surface area contributed by atoms with Crippen LogP contribution in [0.15, 0.2) is 72.8 Å². The number of aliphatic hydroxyl groups is 1. The SMILES string of the molecule is CO.O=C1c2ccc3cc2C(=O)N1[C@@H]1CCCC[C@H]1N1C(=O)c2ccc(cc2C1=O)-c1ccc2c(c1)C(=O)N(C2=O)[C@@H]1CCCC[C@H]1N1C(=O)c2ccc-3cc2C1=O. The molecule has 0 spiro atoms. The van der Waals surface area contributed by atoms with Gasteiger partial charge in [0, 0.05) is 7.11 Å². The summed E-state index contributed by atoms with van der Waals surface area (Å²) < 4.78 is 0. The summed E-state index contributed by atoms with van der Waals surface area (Å²) in [6.45, 7) is 0. The standard InChI is InChI=1S/C44H32N4O8.CH4O/c49-37-25-13-9-21-17-29(25)41(53)45(37)33-5-1-2-6-34(33)46-38(50)26-14-10-22(18-30(26)42(46)54)24-12-16-28-32(20-24)44(56)48(40(28)52)36-8-4-3-7-35(36)47-39(51)27-15-11-23(21)19-31(27)43(47)55;1-2/h9-20,33-36H,1-8H2;2H,1H3/t33-,34-,35-,36-;/m1./s1. The van der Waals surface area contributed by atoms with Gasteiger partial charge >= 0.3 is 0 Å². The quantitative estimate of drug-likeness (QED) is 0.232. The molecule has 1 N–H and O–H groups in total. The van der Waals surface area contributed by atoms with Crippen LogP contribution in [-0.2, 0) is 0 Å². The van der Waals surface area contributed by atoms with Crippen molar-refractivity contribution < 1.29 is 43.5 Å². The number of rotatable bonds is 0. The number of imide groups is 4. The Balaban J connectivity index is 0.00000201. The Labute approximate surface area is 331 Å². The zero-order valence-electron chi connectivity index (χ0n) is 31.4. The highest BCUT2D eigenvalue weighted by atomic mass is 16.2. The van der Waals surface area contributed by atoms with Crippen molar-refractivity contribution in [2.24, 2.45) is 0 Å². The van der Waals surface area contributed by atoms with Crippen LogP contribution in [0.4, 0.5) is 0 Å². The minimum absolute atomic E-state index is 0.179. The minimum atomic E-state index is -0.742. The second-order valence-electron chi connectivity index (χ2n) is 15.8. The lowest BCUT2D eigenvalue weighted by molar-refractivity contribution is 0.0291. The third-order valence-corrected chi connectivity index (χ3v) is 13.1. The molecule has 12 bridgehead atoms. The number of nitrogens with zero attached hydrogens (tertiary/aromatic N) is 4. The summed E-state index contributed by atoms with van der Waals surface area (Å²) in [5.74, 6) is -4.04. The topological polar surface area (TPSA) is 170 Å². The first kappa shape index (κ1) is 35.8. The molecule has 13 heteroatoms. The second-order valence-corrected chi connectivity index (χ2v) is 15.8. The van der Waals surface area contributed by atoms with Crippen LogP contribution in [-0.4, -0.2) is 103 Å². The molecule has 11 rings (SSSR count). The number of benzene rings is 4. The highest BCUT2D eigenvalue weighted by molar-refractivity contribution is 6.25. The highest BCUT2D eigenvalue weighted by Crippen LogP contribution is 2.42. The number of amides is 8. The predicted molar refractivity (Wildman–Crippen MR) is 206 cm³/mol. The second kappa shape index (κ2) is 13.0. The summed E-state index contributed by atoms with van der Waals surface area (Å²) in [6, 6.07) is 16.6. The summed E-state index contributed by atoms with van der Waals surface area (Å²) >= 11 is 0. The number of hydrogen-bond acceptors (Lipinski definition) is 9. The molecule has 290 valence electrons. The van der Waals surface area contributed by atoms with E-state index in [0.717, 1.165) is 7.11 Å². The maximum atomic E-state index is 14.2. The minimum Gasteiger partial charge on any atom is -0.400 e. The van der Waals surface area contributed by atoms with Crippen LogP contribution in [0, 0.1) is 0 Å². The van der Waals surface area contributed by atoms with E-state index >= 15 is 0 Å². The zero-order chi connectivity index (χ0) is 40.3. The molecule has 4 aromatic carbocycles. The van der Waals surface area contributed by atoms with Crippen LogP contribution in [0.2, 0.25) is 0 Å². The number of aliphatic hydroxyl groups excluding tert-OH is 1. The molecule has 0 saturated heterocycles. The van der Waals surface area contributed by atoms with Gasteiger partial charge < -0.3 is 5.11 Å². The van der Waals surface area contributed by atoms with Gasteiger partial charge in [0.05, 0.1) is 68.7 Å². The molecule has 8 amide bonds. The fraction of sp³-hybridized carbons (Fsp3) is 0.289. The van der Waals surface area contributed by atoms with E-state index < -0.39 is 71.4 Å². The van der Waals surface area contributed by atoms with Crippen molar-refractivity contribution in [3.63, 3.8) is 0 Å². The van der Waals surface area contributed by atoms with E-state index in [4.69, 9.17) is 5.11 Å². The van der Waals surface area contributed by atoms with Crippen LogP contribution in [0.25, 0.3) is 22.3 Å². The molecule has 5 heterocycles. The van der Waals surface area contributed by atoms with Gasteiger partial charge in [-0.3, -0.25) is 58.0 Å². The van der Waals surface area contributed by atoms with Crippen molar-refractivity contribution in [1.82, 2.24) is 19.6 Å². The predicted octanol–water partition coefficient (Wildman–Crippen LogP) is 5.35. The van der Waals surface area contributed by atoms with E-state index in [-0.39, 0.29) is 44.5 Å². The van der Waals surface area contributed by atoms with Gasteiger partial charge in [-0.25, -0.2) is 0 Å². The lowest BCUT2D eigenvalue weighted by Crippen LogP contribution is -2.56. The monoisotopic (exact) mass is 776 g/mol. The number of carbonyl (C=O) groups excluding carboxylic acids is 8. The summed E-state index contributed by atoms with van der Waals surface area (Å²) in [5.41, 5.74) is 3.78. The Hall–Kier alpha value is -6.60. The first-order valence-electron chi connectivity index (χ1n) is 19.7. The molecular formula is C45H36N4O9. The van der Waals surface area contributed by atoms with Crippen LogP contribution in [0.1, 0.15) is 134 Å². The molecule has 7 aliphatic rings. The van der Waals surface area contributed by atoms with Crippen LogP contribution < -0.4 is 0 Å². The van der Waals surface area contributed by atoms with Crippen molar-refractivity contribution in [3.05, 3.63) is 117 Å². The Morgan fingerprint density at radius 3 is 0.724 bits per heavy atom. The molecule has 58 heavy (non-hydrogen) atoms. The first-order chi connectivity index (χ1) is 28.1. The number of carbonyl (C=O) groups is 8. The van der Waals surface area contributed by atoms with Crippen molar-refractivity contribution in [3.8, 4) is 22.3 Å². The molecule has 2 fully saturated rings. The van der Waals surface area contributed by atoms with Gasteiger partial charge in [0.1, 0.15) is 0 Å². The van der Waals surface area contributed by atoms with E-state index in [9.17, 15) is 38.4 Å². The van der Waals surface area contributed by atoms with Gasteiger partial charge in [0.25, 0.3) is 47.3 Å². The number of fused-ring (bicyclic) bond motifs is 16. The van der Waals surface area contributed by atoms with Gasteiger partial charge in [-0.2, -0.15) is 0 Å². The fourth-order valence-electron chi connectivity index (χ4n) is 10.3. The zero-order valence-corrected chi connectivity index (χ0v) is 31.4. The van der Waals surface area contributed by atoms with Crippen LogP contribution in [0.3, 0.4) is 0 Å². The number of hydrogen-bond donors (Lipinski definition) is 1. The van der Waals surface area contributed by atoms with E-state index in [1.165, 1.54) is 19.6 Å². The molecule has 2 saturated carbocycles. The highest BCUT2D eigenvalue weighted by Gasteiger charge is 2.52. The van der Waals surface area contributed by atoms with Crippen molar-refractivity contribution in [1.29, 1.82) is 0 Å². The molecule has 2 aliphatic carbocycles. The fourth-order valence-corrected chi connectivity index (χ4v) is 10.3. The van der Waals surface area contributed by atoms with Crippen LogP contribution >= 0.6 is 0 Å². The molecule has 0 aromatic heterocycles. The average molecular weight is 777 g/mol. The largest absolute Gasteiger partial charge is 0.400 e. The summed E-state index contributed by atoms with van der Waals surface area (Å²) in [6.07, 6.45) is 4.46. The molecule has 4 aromatic rings. The maximum Gasteiger partial charge on any atom is 0.261 e. The average Bonchev–Trinajstić information content (AvgIpc) is 3.86. The van der Waals surface area contributed by atoms with Gasteiger partial charge in [-0.05, 0) is 96.5 Å². The third-order valence-electron chi connectivity index (χ3n) is 13.1. The molecule has 4 atom stereocenters. The van der Waals surface area contributed by atoms with Gasteiger partial charge in [-0.15, -0.1) is 0 Å². The smallest absolute Gasteiger partial charge is 0.261 e. The van der Waals surface area contributed by atoms with Crippen molar-refractivity contribution in [2.45, 2.75) is 75.5 Å². The molecule has 0 unspecified atom stereocenters. The van der Waals surface area contributed by atoms with E-state index in [1.54, 1.807) is 72.8 Å². The summed E-state index contributed by atoms with van der Waals surface area (Å²) in [7, 11) is 1.00. The van der Waals surface area contributed by atoms with E-state index in [1.807, 2.05) is 0 Å². The third kappa shape index (κ3) is 4.79. The normalized spacial score (nSPS) is 24.0. The van der Waals surface area contributed by atoms with Crippen molar-refractivity contribution >= 4 is 47.3 Å². The van der Waals surface area contributed by atoms with Crippen molar-refractivity contribution in [2.75, 3.05) is 7.11 Å².